The van der Waals surface area contributed by atoms with Gasteiger partial charge in [0, 0.05) is 5.69 Å². The molecule has 3 N–H and O–H groups in total. The molecule has 4 nitrogen and oxygen atoms in total. The van der Waals surface area contributed by atoms with Gasteiger partial charge in [0.15, 0.2) is 5.76 Å². The summed E-state index contributed by atoms with van der Waals surface area (Å²) >= 11 is 0. The van der Waals surface area contributed by atoms with Crippen molar-refractivity contribution in [3.8, 4) is 0 Å². The number of rotatable bonds is 3. The van der Waals surface area contributed by atoms with Crippen LogP contribution in [0.2, 0.25) is 0 Å². The molecule has 18 heavy (non-hydrogen) atoms. The van der Waals surface area contributed by atoms with Gasteiger partial charge in [0.2, 0.25) is 0 Å². The third kappa shape index (κ3) is 2.60. The molecule has 2 aromatic rings. The first-order valence-electron chi connectivity index (χ1n) is 5.77. The third-order valence-electron chi connectivity index (χ3n) is 2.73. The van der Waals surface area contributed by atoms with Gasteiger partial charge >= 0.3 is 0 Å². The highest BCUT2D eigenvalue weighted by Gasteiger charge is 2.12. The molecule has 0 fully saturated rings. The minimum absolute atomic E-state index is 0.261. The number of nitrogens with two attached hydrogens (primary N) is 1. The van der Waals surface area contributed by atoms with Crippen molar-refractivity contribution < 1.29 is 9.21 Å². The SMILES string of the molecule is Cc1ccc(C)c(NC(=O)c2ccc(CN)o2)c1. The molecular formula is C14H16N2O2. The van der Waals surface area contributed by atoms with Gasteiger partial charge in [0.1, 0.15) is 5.76 Å². The first kappa shape index (κ1) is 12.4. The van der Waals surface area contributed by atoms with Gasteiger partial charge in [-0.15, -0.1) is 0 Å². The number of carbonyl (C=O) groups excluding carboxylic acids is 1. The van der Waals surface area contributed by atoms with Crippen LogP contribution in [-0.2, 0) is 6.54 Å². The second-order valence-corrected chi connectivity index (χ2v) is 4.24. The van der Waals surface area contributed by atoms with Crippen molar-refractivity contribution >= 4 is 11.6 Å². The zero-order valence-corrected chi connectivity index (χ0v) is 10.5. The van der Waals surface area contributed by atoms with Gasteiger partial charge in [-0.1, -0.05) is 12.1 Å². The number of carbonyl (C=O) groups is 1. The average Bonchev–Trinajstić information content (AvgIpc) is 2.82. The summed E-state index contributed by atoms with van der Waals surface area (Å²) in [7, 11) is 0. The normalized spacial score (nSPS) is 10.4. The van der Waals surface area contributed by atoms with E-state index in [4.69, 9.17) is 10.2 Å². The maximum absolute atomic E-state index is 12.0. The molecule has 0 bridgehead atoms. The maximum Gasteiger partial charge on any atom is 0.291 e. The third-order valence-corrected chi connectivity index (χ3v) is 2.73. The molecule has 2 rings (SSSR count). The number of amides is 1. The average molecular weight is 244 g/mol. The Balaban J connectivity index is 2.18. The molecule has 0 saturated heterocycles. The van der Waals surface area contributed by atoms with Crippen LogP contribution in [0.1, 0.15) is 27.4 Å². The Morgan fingerprint density at radius 2 is 2.06 bits per heavy atom. The lowest BCUT2D eigenvalue weighted by Gasteiger charge is -2.07. The van der Waals surface area contributed by atoms with Gasteiger partial charge in [0.05, 0.1) is 6.54 Å². The molecule has 0 saturated carbocycles. The van der Waals surface area contributed by atoms with Gasteiger partial charge in [-0.2, -0.15) is 0 Å². The Bertz CT molecular complexity index is 573. The number of aryl methyl sites for hydroxylation is 2. The van der Waals surface area contributed by atoms with E-state index in [0.29, 0.717) is 5.76 Å². The van der Waals surface area contributed by atoms with Gasteiger partial charge in [-0.05, 0) is 43.2 Å². The van der Waals surface area contributed by atoms with E-state index in [1.54, 1.807) is 12.1 Å². The minimum Gasteiger partial charge on any atom is -0.455 e. The zero-order valence-electron chi connectivity index (χ0n) is 10.5. The molecule has 4 heteroatoms. The van der Waals surface area contributed by atoms with E-state index in [2.05, 4.69) is 5.32 Å². The lowest BCUT2D eigenvalue weighted by molar-refractivity contribution is 0.0995. The van der Waals surface area contributed by atoms with Crippen molar-refractivity contribution in [1.29, 1.82) is 0 Å². The molecule has 0 radical (unpaired) electrons. The van der Waals surface area contributed by atoms with Crippen LogP contribution in [0.25, 0.3) is 0 Å². The summed E-state index contributed by atoms with van der Waals surface area (Å²) in [6.07, 6.45) is 0. The molecule has 0 unspecified atom stereocenters. The van der Waals surface area contributed by atoms with E-state index >= 15 is 0 Å². The van der Waals surface area contributed by atoms with Crippen LogP contribution in [0, 0.1) is 13.8 Å². The van der Waals surface area contributed by atoms with E-state index in [1.807, 2.05) is 32.0 Å². The number of nitrogens with one attached hydrogen (secondary N) is 1. The molecule has 0 aliphatic carbocycles. The topological polar surface area (TPSA) is 68.3 Å². The summed E-state index contributed by atoms with van der Waals surface area (Å²) in [5.41, 5.74) is 8.34. The molecule has 0 spiro atoms. The summed E-state index contributed by atoms with van der Waals surface area (Å²) in [6.45, 7) is 4.22. The van der Waals surface area contributed by atoms with Crippen LogP contribution in [0.5, 0.6) is 0 Å². The predicted molar refractivity (Wildman–Crippen MR) is 70.5 cm³/mol. The summed E-state index contributed by atoms with van der Waals surface area (Å²) in [6, 6.07) is 9.24. The van der Waals surface area contributed by atoms with Gasteiger partial charge in [0.25, 0.3) is 5.91 Å². The molecule has 94 valence electrons. The molecular weight excluding hydrogens is 228 g/mol. The molecule has 1 heterocycles. The van der Waals surface area contributed by atoms with Crippen molar-refractivity contribution in [1.82, 2.24) is 0 Å². The lowest BCUT2D eigenvalue weighted by atomic mass is 10.1. The largest absolute Gasteiger partial charge is 0.455 e. The van der Waals surface area contributed by atoms with Crippen LogP contribution in [0.3, 0.4) is 0 Å². The van der Waals surface area contributed by atoms with E-state index in [-0.39, 0.29) is 18.2 Å². The monoisotopic (exact) mass is 244 g/mol. The van der Waals surface area contributed by atoms with Crippen LogP contribution >= 0.6 is 0 Å². The quantitative estimate of drug-likeness (QED) is 0.872. The highest BCUT2D eigenvalue weighted by molar-refractivity contribution is 6.02. The standard InChI is InChI=1S/C14H16N2O2/c1-9-3-4-10(2)12(7-9)16-14(17)13-6-5-11(8-15)18-13/h3-7H,8,15H2,1-2H3,(H,16,17). The van der Waals surface area contributed by atoms with Crippen molar-refractivity contribution in [2.75, 3.05) is 5.32 Å². The maximum atomic E-state index is 12.0. The minimum atomic E-state index is -0.261. The van der Waals surface area contributed by atoms with Crippen molar-refractivity contribution in [3.63, 3.8) is 0 Å². The van der Waals surface area contributed by atoms with Crippen LogP contribution in [0.15, 0.2) is 34.7 Å². The summed E-state index contributed by atoms with van der Waals surface area (Å²) in [4.78, 5) is 12.0. The molecule has 0 aliphatic heterocycles. The summed E-state index contributed by atoms with van der Waals surface area (Å²) in [5, 5.41) is 2.83. The second-order valence-electron chi connectivity index (χ2n) is 4.24. The number of hydrogen-bond donors (Lipinski definition) is 2. The van der Waals surface area contributed by atoms with Crippen molar-refractivity contribution in [3.05, 3.63) is 53.0 Å². The Labute approximate surface area is 106 Å². The highest BCUT2D eigenvalue weighted by atomic mass is 16.4. The molecule has 1 aromatic carbocycles. The Hall–Kier alpha value is -2.07. The molecule has 1 aromatic heterocycles. The van der Waals surface area contributed by atoms with E-state index in [0.717, 1.165) is 16.8 Å². The molecule has 0 aliphatic rings. The number of anilines is 1. The number of furan rings is 1. The smallest absolute Gasteiger partial charge is 0.291 e. The van der Waals surface area contributed by atoms with E-state index in [9.17, 15) is 4.79 Å². The van der Waals surface area contributed by atoms with Crippen LogP contribution in [0.4, 0.5) is 5.69 Å². The molecule has 1 amide bonds. The Morgan fingerprint density at radius 1 is 1.28 bits per heavy atom. The molecule has 0 atom stereocenters. The fraction of sp³-hybridized carbons (Fsp3) is 0.214. The number of hydrogen-bond acceptors (Lipinski definition) is 3. The highest BCUT2D eigenvalue weighted by Crippen LogP contribution is 2.18. The summed E-state index contributed by atoms with van der Waals surface area (Å²) in [5.74, 6) is 0.612. The van der Waals surface area contributed by atoms with Crippen molar-refractivity contribution in [2.45, 2.75) is 20.4 Å². The van der Waals surface area contributed by atoms with E-state index < -0.39 is 0 Å². The van der Waals surface area contributed by atoms with Crippen molar-refractivity contribution in [2.24, 2.45) is 5.73 Å². The van der Waals surface area contributed by atoms with Gasteiger partial charge in [-0.25, -0.2) is 0 Å². The Kier molecular flexibility index (Phi) is 3.48. The fourth-order valence-electron chi connectivity index (χ4n) is 1.66. The fourth-order valence-corrected chi connectivity index (χ4v) is 1.66. The van der Waals surface area contributed by atoms with Gasteiger partial charge < -0.3 is 15.5 Å². The van der Waals surface area contributed by atoms with Crippen LogP contribution in [-0.4, -0.2) is 5.91 Å². The first-order valence-corrected chi connectivity index (χ1v) is 5.77. The zero-order chi connectivity index (χ0) is 13.1. The lowest BCUT2D eigenvalue weighted by Crippen LogP contribution is -2.12. The number of benzene rings is 1. The van der Waals surface area contributed by atoms with E-state index in [1.165, 1.54) is 0 Å². The van der Waals surface area contributed by atoms with Gasteiger partial charge in [-0.3, -0.25) is 4.79 Å². The summed E-state index contributed by atoms with van der Waals surface area (Å²) < 4.78 is 5.30. The predicted octanol–water partition coefficient (Wildman–Crippen LogP) is 2.61. The Morgan fingerprint density at radius 3 is 2.72 bits per heavy atom. The second kappa shape index (κ2) is 5.06. The first-order chi connectivity index (χ1) is 8.60. The van der Waals surface area contributed by atoms with Crippen LogP contribution < -0.4 is 11.1 Å².